The lowest BCUT2D eigenvalue weighted by Crippen LogP contribution is -2.43. The summed E-state index contributed by atoms with van der Waals surface area (Å²) in [7, 11) is 0. The van der Waals surface area contributed by atoms with Gasteiger partial charge in [0.1, 0.15) is 17.2 Å². The molecule has 2 aliphatic carbocycles. The zero-order valence-corrected chi connectivity index (χ0v) is 25.1. The summed E-state index contributed by atoms with van der Waals surface area (Å²) < 4.78 is 11.7. The number of nitrogens with zero attached hydrogens (tertiary/aromatic N) is 6. The molecule has 3 aromatic rings. The SMILES string of the molecule is Cc1cnc(N[C@H]2CC[C@H](N[C@@H](C)COC3(c4nn[nH]n4)CC3)CC2)cc1-c1cccc(NCC2(C#N)CCOCC2)n1. The van der Waals surface area contributed by atoms with Crippen LogP contribution in [0, 0.1) is 23.7 Å². The van der Waals surface area contributed by atoms with Gasteiger partial charge in [-0.05, 0) is 89.0 Å². The molecule has 4 N–H and O–H groups in total. The smallest absolute Gasteiger partial charge is 0.206 e. The molecule has 3 aliphatic rings. The Hall–Kier alpha value is -3.66. The van der Waals surface area contributed by atoms with Crippen LogP contribution in [0.25, 0.3) is 11.3 Å². The van der Waals surface area contributed by atoms with Gasteiger partial charge in [0.2, 0.25) is 5.82 Å². The quantitative estimate of drug-likeness (QED) is 0.242. The molecule has 3 fully saturated rings. The fourth-order valence-corrected chi connectivity index (χ4v) is 6.16. The Morgan fingerprint density at radius 2 is 1.91 bits per heavy atom. The van der Waals surface area contributed by atoms with E-state index in [9.17, 15) is 5.26 Å². The van der Waals surface area contributed by atoms with Crippen molar-refractivity contribution in [3.05, 3.63) is 41.9 Å². The summed E-state index contributed by atoms with van der Waals surface area (Å²) in [6.07, 6.45) is 9.64. The van der Waals surface area contributed by atoms with E-state index in [4.69, 9.17) is 14.5 Å². The molecule has 1 saturated heterocycles. The molecule has 0 amide bonds. The molecule has 0 spiro atoms. The van der Waals surface area contributed by atoms with E-state index in [2.05, 4.69) is 67.5 Å². The van der Waals surface area contributed by atoms with Crippen molar-refractivity contribution in [1.29, 1.82) is 5.26 Å². The number of nitrogens with one attached hydrogen (secondary N) is 4. The van der Waals surface area contributed by atoms with Crippen molar-refractivity contribution in [2.45, 2.75) is 88.9 Å². The van der Waals surface area contributed by atoms with Gasteiger partial charge in [-0.2, -0.15) is 10.5 Å². The molecule has 12 heteroatoms. The second-order valence-electron chi connectivity index (χ2n) is 12.5. The van der Waals surface area contributed by atoms with Crippen LogP contribution in [-0.2, 0) is 15.1 Å². The Morgan fingerprint density at radius 1 is 1.12 bits per heavy atom. The van der Waals surface area contributed by atoms with Gasteiger partial charge in [-0.15, -0.1) is 10.2 Å². The number of ether oxygens (including phenoxy) is 2. The maximum absolute atomic E-state index is 9.79. The van der Waals surface area contributed by atoms with Gasteiger partial charge in [-0.25, -0.2) is 9.97 Å². The topological polar surface area (TPSA) is 159 Å². The van der Waals surface area contributed by atoms with Crippen molar-refractivity contribution in [1.82, 2.24) is 35.9 Å². The number of aryl methyl sites for hydroxylation is 1. The lowest BCUT2D eigenvalue weighted by Gasteiger charge is -2.32. The van der Waals surface area contributed by atoms with Gasteiger partial charge in [0.15, 0.2) is 0 Å². The van der Waals surface area contributed by atoms with Crippen LogP contribution in [0.1, 0.15) is 69.7 Å². The number of rotatable bonds is 12. The summed E-state index contributed by atoms with van der Waals surface area (Å²) in [5, 5.41) is 35.1. The van der Waals surface area contributed by atoms with Crippen LogP contribution in [0.5, 0.6) is 0 Å². The Bertz CT molecular complexity index is 1390. The molecule has 4 heterocycles. The minimum atomic E-state index is -0.407. The fraction of sp³-hybridized carbons (Fsp3) is 0.613. The van der Waals surface area contributed by atoms with Crippen molar-refractivity contribution in [3.63, 3.8) is 0 Å². The highest BCUT2D eigenvalue weighted by molar-refractivity contribution is 5.68. The maximum Gasteiger partial charge on any atom is 0.206 e. The molecule has 1 aliphatic heterocycles. The highest BCUT2D eigenvalue weighted by atomic mass is 16.5. The van der Waals surface area contributed by atoms with Crippen LogP contribution in [0.3, 0.4) is 0 Å². The molecule has 0 bridgehead atoms. The lowest BCUT2D eigenvalue weighted by atomic mass is 9.82. The summed E-state index contributed by atoms with van der Waals surface area (Å²) in [6, 6.07) is 11.7. The molecule has 0 unspecified atom stereocenters. The largest absolute Gasteiger partial charge is 0.381 e. The Labute approximate surface area is 252 Å². The third-order valence-electron chi connectivity index (χ3n) is 9.09. The third kappa shape index (κ3) is 7.12. The molecule has 2 saturated carbocycles. The van der Waals surface area contributed by atoms with Crippen LogP contribution in [0.15, 0.2) is 30.5 Å². The van der Waals surface area contributed by atoms with E-state index < -0.39 is 5.41 Å². The van der Waals surface area contributed by atoms with E-state index in [1.165, 1.54) is 0 Å². The van der Waals surface area contributed by atoms with Crippen molar-refractivity contribution < 1.29 is 9.47 Å². The van der Waals surface area contributed by atoms with E-state index >= 15 is 0 Å². The van der Waals surface area contributed by atoms with Crippen LogP contribution < -0.4 is 16.0 Å². The molecular formula is C31H42N10O2. The third-order valence-corrected chi connectivity index (χ3v) is 9.09. The Kier molecular flexibility index (Phi) is 8.83. The molecule has 3 aromatic heterocycles. The molecular weight excluding hydrogens is 544 g/mol. The van der Waals surface area contributed by atoms with Crippen LogP contribution in [0.2, 0.25) is 0 Å². The molecule has 228 valence electrons. The highest BCUT2D eigenvalue weighted by Gasteiger charge is 2.50. The van der Waals surface area contributed by atoms with E-state index in [1.807, 2.05) is 24.4 Å². The van der Waals surface area contributed by atoms with Crippen LogP contribution in [-0.4, -0.2) is 75.1 Å². The zero-order valence-electron chi connectivity index (χ0n) is 25.1. The molecule has 0 radical (unpaired) electrons. The highest BCUT2D eigenvalue weighted by Crippen LogP contribution is 2.47. The summed E-state index contributed by atoms with van der Waals surface area (Å²) in [5.74, 6) is 2.32. The summed E-state index contributed by atoms with van der Waals surface area (Å²) in [6.45, 7) is 6.70. The summed E-state index contributed by atoms with van der Waals surface area (Å²) in [4.78, 5) is 9.58. The second kappa shape index (κ2) is 12.9. The minimum Gasteiger partial charge on any atom is -0.381 e. The van der Waals surface area contributed by atoms with E-state index in [0.29, 0.717) is 44.3 Å². The first-order chi connectivity index (χ1) is 21.0. The Morgan fingerprint density at radius 3 is 2.63 bits per heavy atom. The fourth-order valence-electron chi connectivity index (χ4n) is 6.16. The number of H-pyrrole nitrogens is 1. The first-order valence-electron chi connectivity index (χ1n) is 15.5. The van der Waals surface area contributed by atoms with Gasteiger partial charge in [0.05, 0.1) is 23.8 Å². The average molecular weight is 587 g/mol. The first-order valence-corrected chi connectivity index (χ1v) is 15.5. The molecule has 0 aromatic carbocycles. The van der Waals surface area contributed by atoms with Gasteiger partial charge in [-0.3, -0.25) is 0 Å². The van der Waals surface area contributed by atoms with Crippen molar-refractivity contribution in [2.75, 3.05) is 37.0 Å². The number of aromatic nitrogens is 6. The standard InChI is InChI=1S/C31H42N10O2/c1-21-17-33-28(16-25(21)26-4-3-5-27(37-26)34-20-30(19-32)12-14-42-15-13-30)36-24-8-6-23(7-9-24)35-22(2)18-43-31(10-11-31)29-38-40-41-39-29/h3-5,16-17,22-24,35H,6-15,18,20H2,1-2H3,(H,33,36)(H,34,37)(H,38,39,40,41)/t22-,23-,24-/m0/s1. The number of nitriles is 1. The lowest BCUT2D eigenvalue weighted by molar-refractivity contribution is 0.0105. The molecule has 12 nitrogen and oxygen atoms in total. The van der Waals surface area contributed by atoms with E-state index in [-0.39, 0.29) is 11.6 Å². The second-order valence-corrected chi connectivity index (χ2v) is 12.5. The summed E-state index contributed by atoms with van der Waals surface area (Å²) in [5.41, 5.74) is 2.27. The Balaban J connectivity index is 0.994. The molecule has 43 heavy (non-hydrogen) atoms. The van der Waals surface area contributed by atoms with Gasteiger partial charge in [0.25, 0.3) is 0 Å². The molecule has 1 atom stereocenters. The van der Waals surface area contributed by atoms with Crippen LogP contribution >= 0.6 is 0 Å². The van der Waals surface area contributed by atoms with E-state index in [1.54, 1.807) is 0 Å². The van der Waals surface area contributed by atoms with Gasteiger partial charge in [-0.1, -0.05) is 11.3 Å². The number of aromatic amines is 1. The van der Waals surface area contributed by atoms with Crippen LogP contribution in [0.4, 0.5) is 11.6 Å². The maximum atomic E-state index is 9.79. The average Bonchev–Trinajstić information content (AvgIpc) is 3.62. The van der Waals surface area contributed by atoms with E-state index in [0.717, 1.165) is 79.8 Å². The van der Waals surface area contributed by atoms with Crippen molar-refractivity contribution in [3.8, 4) is 17.3 Å². The zero-order chi connectivity index (χ0) is 29.7. The monoisotopic (exact) mass is 586 g/mol. The normalized spacial score (nSPS) is 23.2. The van der Waals surface area contributed by atoms with Gasteiger partial charge in [0, 0.05) is 49.6 Å². The number of tetrazole rings is 1. The minimum absolute atomic E-state index is 0.250. The summed E-state index contributed by atoms with van der Waals surface area (Å²) >= 11 is 0. The number of hydrogen-bond acceptors (Lipinski definition) is 11. The van der Waals surface area contributed by atoms with Gasteiger partial charge < -0.3 is 25.4 Å². The number of hydrogen-bond donors (Lipinski definition) is 4. The van der Waals surface area contributed by atoms with Crippen molar-refractivity contribution in [2.24, 2.45) is 5.41 Å². The first kappa shape index (κ1) is 29.4. The van der Waals surface area contributed by atoms with Crippen molar-refractivity contribution >= 4 is 11.6 Å². The number of anilines is 2. The van der Waals surface area contributed by atoms with Gasteiger partial charge >= 0.3 is 0 Å². The molecule has 6 rings (SSSR count). The predicted molar refractivity (Wildman–Crippen MR) is 162 cm³/mol. The predicted octanol–water partition coefficient (Wildman–Crippen LogP) is 4.10. The number of pyridine rings is 2.